The Labute approximate surface area is 165 Å². The number of hydrogen-bond donors (Lipinski definition) is 2. The number of urea groups is 1. The van der Waals surface area contributed by atoms with Gasteiger partial charge in [0.15, 0.2) is 0 Å². The lowest BCUT2D eigenvalue weighted by Crippen LogP contribution is -2.60. The van der Waals surface area contributed by atoms with Gasteiger partial charge >= 0.3 is 11.9 Å². The molecule has 0 aliphatic rings. The van der Waals surface area contributed by atoms with Crippen LogP contribution in [0.4, 0.5) is 4.79 Å². The highest BCUT2D eigenvalue weighted by molar-refractivity contribution is 7.92. The van der Waals surface area contributed by atoms with E-state index in [2.05, 4.69) is 11.9 Å². The predicted octanol–water partition coefficient (Wildman–Crippen LogP) is 2.12. The van der Waals surface area contributed by atoms with Gasteiger partial charge in [-0.15, -0.1) is 0 Å². The Morgan fingerprint density at radius 1 is 1.33 bits per heavy atom. The normalized spacial score (nSPS) is 15.5. The van der Waals surface area contributed by atoms with Crippen molar-refractivity contribution in [1.29, 1.82) is 0 Å². The molecule has 0 heterocycles. The molecule has 0 spiro atoms. The van der Waals surface area contributed by atoms with Gasteiger partial charge in [0, 0.05) is 19.3 Å². The Bertz CT molecular complexity index is 567. The molecule has 0 aromatic heterocycles. The van der Waals surface area contributed by atoms with Gasteiger partial charge in [0.25, 0.3) is 0 Å². The fourth-order valence-corrected chi connectivity index (χ4v) is 3.68. The third kappa shape index (κ3) is 5.95. The van der Waals surface area contributed by atoms with Crippen molar-refractivity contribution in [1.82, 2.24) is 15.3 Å². The van der Waals surface area contributed by atoms with Crippen molar-refractivity contribution in [2.75, 3.05) is 19.8 Å². The van der Waals surface area contributed by atoms with Crippen molar-refractivity contribution in [2.24, 2.45) is 11.8 Å². The second-order valence-electron chi connectivity index (χ2n) is 7.14. The average molecular weight is 404 g/mol. The van der Waals surface area contributed by atoms with E-state index in [1.54, 1.807) is 0 Å². The summed E-state index contributed by atoms with van der Waals surface area (Å²) in [6.45, 7) is 12.0. The molecule has 0 bridgehead atoms. The zero-order chi connectivity index (χ0) is 21.5. The summed E-state index contributed by atoms with van der Waals surface area (Å²) in [5.74, 6) is -2.55. The number of nitrogens with zero attached hydrogens (tertiary/aromatic N) is 2. The van der Waals surface area contributed by atoms with Gasteiger partial charge in [-0.3, -0.25) is 19.7 Å². The molecule has 0 saturated carbocycles. The molecule has 3 atom stereocenters. The fourth-order valence-electron chi connectivity index (χ4n) is 2.75. The lowest BCUT2D eigenvalue weighted by molar-refractivity contribution is -0.163. The van der Waals surface area contributed by atoms with E-state index in [1.165, 1.54) is 27.2 Å². The van der Waals surface area contributed by atoms with Crippen LogP contribution in [0.15, 0.2) is 12.3 Å². The molecule has 0 saturated heterocycles. The highest BCUT2D eigenvalue weighted by atomic mass is 32.2. The Balaban J connectivity index is 6.32. The molecule has 0 aromatic rings. The van der Waals surface area contributed by atoms with Gasteiger partial charge in [0.05, 0.1) is 12.2 Å². The number of carbonyl (C=O) groups is 3. The second kappa shape index (κ2) is 10.7. The highest BCUT2D eigenvalue weighted by Crippen LogP contribution is 2.35. The van der Waals surface area contributed by atoms with E-state index in [0.717, 1.165) is 4.90 Å². The summed E-state index contributed by atoms with van der Waals surface area (Å²) >= 11 is -1.81. The number of carbonyl (C=O) groups excluding carboxylic acids is 3. The SMILES string of the molecule is C=C(C)N(O)C(=O)[C@](C)([C@H](CC(C)C)C(=O)N(CCC)C(=O)NC)[S+](C)[O-]. The predicted molar refractivity (Wildman–Crippen MR) is 105 cm³/mol. The van der Waals surface area contributed by atoms with Crippen molar-refractivity contribution in [2.45, 2.75) is 52.2 Å². The van der Waals surface area contributed by atoms with Crippen LogP contribution in [0, 0.1) is 11.8 Å². The highest BCUT2D eigenvalue weighted by Gasteiger charge is 2.56. The third-order valence-corrected chi connectivity index (χ3v) is 6.07. The van der Waals surface area contributed by atoms with Crippen molar-refractivity contribution < 1.29 is 24.1 Å². The summed E-state index contributed by atoms with van der Waals surface area (Å²) in [6, 6.07) is -0.590. The van der Waals surface area contributed by atoms with Crippen molar-refractivity contribution in [3.8, 4) is 0 Å². The van der Waals surface area contributed by atoms with Crippen LogP contribution in [-0.2, 0) is 20.8 Å². The molecule has 0 aliphatic heterocycles. The molecule has 9 heteroatoms. The lowest BCUT2D eigenvalue weighted by atomic mass is 9.83. The number of nitrogens with one attached hydrogen (secondary N) is 1. The van der Waals surface area contributed by atoms with E-state index in [4.69, 9.17) is 0 Å². The van der Waals surface area contributed by atoms with Gasteiger partial charge in [0.2, 0.25) is 10.7 Å². The van der Waals surface area contributed by atoms with Gasteiger partial charge in [-0.25, -0.2) is 4.79 Å². The van der Waals surface area contributed by atoms with Gasteiger partial charge < -0.3 is 9.87 Å². The first-order valence-corrected chi connectivity index (χ1v) is 10.5. The maximum absolute atomic E-state index is 13.3. The molecular formula is C18H33N3O5S. The Morgan fingerprint density at radius 2 is 1.85 bits per heavy atom. The van der Waals surface area contributed by atoms with Crippen molar-refractivity contribution >= 4 is 29.0 Å². The summed E-state index contributed by atoms with van der Waals surface area (Å²) < 4.78 is 10.9. The molecule has 8 nitrogen and oxygen atoms in total. The summed E-state index contributed by atoms with van der Waals surface area (Å²) in [7, 11) is 1.41. The number of rotatable bonds is 9. The van der Waals surface area contributed by atoms with Crippen LogP contribution >= 0.6 is 0 Å². The van der Waals surface area contributed by atoms with Crippen LogP contribution in [0.25, 0.3) is 0 Å². The monoisotopic (exact) mass is 403 g/mol. The Kier molecular flexibility index (Phi) is 10.1. The quantitative estimate of drug-likeness (QED) is 0.348. The zero-order valence-corrected chi connectivity index (χ0v) is 18.2. The van der Waals surface area contributed by atoms with E-state index in [1.807, 2.05) is 20.8 Å². The summed E-state index contributed by atoms with van der Waals surface area (Å²) in [4.78, 5) is 39.5. The molecule has 27 heavy (non-hydrogen) atoms. The van der Waals surface area contributed by atoms with Gasteiger partial charge in [0.1, 0.15) is 0 Å². The molecule has 0 rings (SSSR count). The minimum absolute atomic E-state index is 0.0141. The average Bonchev–Trinajstić information content (AvgIpc) is 2.60. The van der Waals surface area contributed by atoms with E-state index < -0.39 is 39.7 Å². The van der Waals surface area contributed by atoms with Gasteiger partial charge in [-0.2, -0.15) is 5.06 Å². The fraction of sp³-hybridized carbons (Fsp3) is 0.722. The Morgan fingerprint density at radius 3 is 2.19 bits per heavy atom. The molecule has 0 aromatic carbocycles. The maximum Gasteiger partial charge on any atom is 0.323 e. The largest absolute Gasteiger partial charge is 0.616 e. The second-order valence-corrected chi connectivity index (χ2v) is 8.90. The van der Waals surface area contributed by atoms with Crippen molar-refractivity contribution in [3.05, 3.63) is 12.3 Å². The molecule has 0 aliphatic carbocycles. The topological polar surface area (TPSA) is 113 Å². The number of hydroxylamine groups is 2. The number of amides is 4. The maximum atomic E-state index is 13.3. The summed E-state index contributed by atoms with van der Waals surface area (Å²) in [5, 5.41) is 12.8. The third-order valence-electron chi connectivity index (χ3n) is 4.42. The standard InChI is InChI=1S/C18H33N3O5S/c1-9-10-20(17(24)19-7)15(22)14(11-12(2)3)18(6,27(8)26)16(23)21(25)13(4)5/h12,14,25H,4,9-11H2,1-3,5-8H3,(H,19,24)/t14-,18+,27?/m1/s1. The molecule has 0 radical (unpaired) electrons. The summed E-state index contributed by atoms with van der Waals surface area (Å²) in [5.41, 5.74) is 0.0455. The van der Waals surface area contributed by atoms with Crippen molar-refractivity contribution in [3.63, 3.8) is 0 Å². The molecule has 0 fully saturated rings. The Hall–Kier alpha value is -1.58. The minimum Gasteiger partial charge on any atom is -0.616 e. The molecule has 4 amide bonds. The number of imide groups is 1. The van der Waals surface area contributed by atoms with E-state index >= 15 is 0 Å². The first kappa shape index (κ1) is 25.4. The first-order valence-electron chi connectivity index (χ1n) is 8.91. The zero-order valence-electron chi connectivity index (χ0n) is 17.4. The van der Waals surface area contributed by atoms with Crippen LogP contribution in [-0.4, -0.2) is 62.2 Å². The van der Waals surface area contributed by atoms with Crippen LogP contribution in [0.3, 0.4) is 0 Å². The van der Waals surface area contributed by atoms with E-state index in [9.17, 15) is 24.1 Å². The van der Waals surface area contributed by atoms with Crippen LogP contribution in [0.5, 0.6) is 0 Å². The molecular weight excluding hydrogens is 370 g/mol. The van der Waals surface area contributed by atoms with E-state index in [0.29, 0.717) is 11.5 Å². The molecule has 156 valence electrons. The lowest BCUT2D eigenvalue weighted by Gasteiger charge is -2.39. The van der Waals surface area contributed by atoms with E-state index in [-0.39, 0.29) is 24.6 Å². The van der Waals surface area contributed by atoms with Crippen LogP contribution < -0.4 is 5.32 Å². The molecule has 1 unspecified atom stereocenters. The number of allylic oxidation sites excluding steroid dienone is 1. The van der Waals surface area contributed by atoms with Crippen LogP contribution in [0.2, 0.25) is 0 Å². The minimum atomic E-state index is -1.81. The first-order chi connectivity index (χ1) is 12.4. The number of hydrogen-bond acceptors (Lipinski definition) is 5. The van der Waals surface area contributed by atoms with Gasteiger partial charge in [-0.1, -0.05) is 27.4 Å². The molecule has 2 N–H and O–H groups in total. The smallest absolute Gasteiger partial charge is 0.323 e. The summed E-state index contributed by atoms with van der Waals surface area (Å²) in [6.07, 6.45) is 2.07. The van der Waals surface area contributed by atoms with Crippen LogP contribution in [0.1, 0.15) is 47.5 Å². The van der Waals surface area contributed by atoms with Gasteiger partial charge in [-0.05, 0) is 43.8 Å².